The van der Waals surface area contributed by atoms with E-state index in [9.17, 15) is 14.4 Å². The lowest BCUT2D eigenvalue weighted by Crippen LogP contribution is -2.30. The van der Waals surface area contributed by atoms with Gasteiger partial charge in [0.1, 0.15) is 11.4 Å². The van der Waals surface area contributed by atoms with Crippen molar-refractivity contribution in [1.82, 2.24) is 5.32 Å². The average Bonchev–Trinajstić information content (AvgIpc) is 3.21. The van der Waals surface area contributed by atoms with Crippen LogP contribution >= 0.6 is 0 Å². The second-order valence-corrected chi connectivity index (χ2v) is 9.48. The van der Waals surface area contributed by atoms with Gasteiger partial charge in [0.25, 0.3) is 5.91 Å². The van der Waals surface area contributed by atoms with E-state index in [0.717, 1.165) is 17.5 Å². The van der Waals surface area contributed by atoms with E-state index in [1.807, 2.05) is 18.2 Å². The van der Waals surface area contributed by atoms with E-state index in [2.05, 4.69) is 16.0 Å². The van der Waals surface area contributed by atoms with Crippen LogP contribution in [0.15, 0.2) is 72.8 Å². The maximum absolute atomic E-state index is 13.0. The molecule has 0 fully saturated rings. The van der Waals surface area contributed by atoms with Crippen LogP contribution in [0.4, 0.5) is 21.0 Å². The van der Waals surface area contributed by atoms with Crippen LogP contribution < -0.4 is 20.7 Å². The van der Waals surface area contributed by atoms with Gasteiger partial charge in [-0.15, -0.1) is 0 Å². The molecular weight excluding hydrogens is 458 g/mol. The summed E-state index contributed by atoms with van der Waals surface area (Å²) in [6.07, 6.45) is 0.317. The Morgan fingerprint density at radius 2 is 1.50 bits per heavy atom. The topological polar surface area (TPSA) is 106 Å². The second kappa shape index (κ2) is 10.5. The van der Waals surface area contributed by atoms with Crippen molar-refractivity contribution >= 4 is 29.5 Å². The third kappa shape index (κ3) is 6.41. The first kappa shape index (κ1) is 24.8. The third-order valence-electron chi connectivity index (χ3n) is 5.54. The molecule has 8 heteroatoms. The van der Waals surface area contributed by atoms with Gasteiger partial charge in [-0.25, -0.2) is 9.59 Å². The van der Waals surface area contributed by atoms with Crippen molar-refractivity contribution in [2.45, 2.75) is 45.3 Å². The van der Waals surface area contributed by atoms with Gasteiger partial charge in [-0.3, -0.25) is 10.1 Å². The van der Waals surface area contributed by atoms with E-state index in [1.165, 1.54) is 0 Å². The molecule has 1 unspecified atom stereocenters. The highest BCUT2D eigenvalue weighted by molar-refractivity contribution is 6.07. The molecule has 0 saturated heterocycles. The van der Waals surface area contributed by atoms with Crippen molar-refractivity contribution in [2.75, 3.05) is 10.6 Å². The smallest absolute Gasteiger partial charge is 0.413 e. The van der Waals surface area contributed by atoms with E-state index in [4.69, 9.17) is 9.47 Å². The number of benzene rings is 3. The second-order valence-electron chi connectivity index (χ2n) is 9.48. The standard InChI is InChI=1S/C28H29N3O5/c1-28(2,3)36-27(34)31-24-12-8-7-11-23(24)29-25(32)19-13-15-21-18(17-19)14-16-22(21)30-26(33)35-20-9-5-4-6-10-20/h4-13,15,17,22H,14,16H2,1-3H3,(H,29,32)(H,30,33)(H,31,34). The lowest BCUT2D eigenvalue weighted by atomic mass is 10.0. The molecular formula is C28H29N3O5. The van der Waals surface area contributed by atoms with Crippen LogP contribution in [0, 0.1) is 0 Å². The molecule has 4 rings (SSSR count). The van der Waals surface area contributed by atoms with Gasteiger partial charge < -0.3 is 20.1 Å². The van der Waals surface area contributed by atoms with E-state index >= 15 is 0 Å². The van der Waals surface area contributed by atoms with Gasteiger partial charge in [0, 0.05) is 5.56 Å². The minimum atomic E-state index is -0.641. The maximum Gasteiger partial charge on any atom is 0.413 e. The highest BCUT2D eigenvalue weighted by atomic mass is 16.6. The van der Waals surface area contributed by atoms with Gasteiger partial charge in [0.2, 0.25) is 0 Å². The van der Waals surface area contributed by atoms with Crippen molar-refractivity contribution in [3.63, 3.8) is 0 Å². The van der Waals surface area contributed by atoms with Crippen LogP contribution in [-0.2, 0) is 11.2 Å². The fourth-order valence-corrected chi connectivity index (χ4v) is 3.99. The quantitative estimate of drug-likeness (QED) is 0.406. The number of carbonyl (C=O) groups excluding carboxylic acids is 3. The first-order chi connectivity index (χ1) is 17.2. The number of carbonyl (C=O) groups is 3. The number of hydrogen-bond donors (Lipinski definition) is 3. The Hall–Kier alpha value is -4.33. The number of aryl methyl sites for hydroxylation is 1. The van der Waals surface area contributed by atoms with Crippen molar-refractivity contribution < 1.29 is 23.9 Å². The van der Waals surface area contributed by atoms with E-state index < -0.39 is 17.8 Å². The largest absolute Gasteiger partial charge is 0.444 e. The Kier molecular flexibility index (Phi) is 7.24. The Balaban J connectivity index is 1.41. The minimum absolute atomic E-state index is 0.188. The van der Waals surface area contributed by atoms with Crippen LogP contribution in [-0.4, -0.2) is 23.7 Å². The molecule has 3 aromatic rings. The third-order valence-corrected chi connectivity index (χ3v) is 5.54. The number of para-hydroxylation sites is 3. The van der Waals surface area contributed by atoms with Gasteiger partial charge in [-0.05, 0) is 81.1 Å². The molecule has 0 saturated carbocycles. The SMILES string of the molecule is CC(C)(C)OC(=O)Nc1ccccc1NC(=O)c1ccc2c(c1)CCC2NC(=O)Oc1ccccc1. The fourth-order valence-electron chi connectivity index (χ4n) is 3.99. The number of hydrogen-bond acceptors (Lipinski definition) is 5. The molecule has 0 radical (unpaired) electrons. The van der Waals surface area contributed by atoms with Crippen molar-refractivity contribution in [3.05, 3.63) is 89.5 Å². The zero-order chi connectivity index (χ0) is 25.7. The summed E-state index contributed by atoms with van der Waals surface area (Å²) in [6.45, 7) is 5.33. The highest BCUT2D eigenvalue weighted by Crippen LogP contribution is 2.32. The molecule has 1 aliphatic rings. The predicted molar refractivity (Wildman–Crippen MR) is 137 cm³/mol. The lowest BCUT2D eigenvalue weighted by Gasteiger charge is -2.20. The zero-order valence-corrected chi connectivity index (χ0v) is 20.5. The molecule has 186 valence electrons. The molecule has 3 N–H and O–H groups in total. The summed E-state index contributed by atoms with van der Waals surface area (Å²) < 4.78 is 10.6. The minimum Gasteiger partial charge on any atom is -0.444 e. The monoisotopic (exact) mass is 487 g/mol. The fraction of sp³-hybridized carbons (Fsp3) is 0.250. The van der Waals surface area contributed by atoms with Crippen molar-refractivity contribution in [2.24, 2.45) is 0 Å². The molecule has 36 heavy (non-hydrogen) atoms. The average molecular weight is 488 g/mol. The molecule has 1 aliphatic carbocycles. The normalized spacial score (nSPS) is 14.4. The van der Waals surface area contributed by atoms with Gasteiger partial charge in [-0.2, -0.15) is 0 Å². The van der Waals surface area contributed by atoms with Crippen LogP contribution in [0.5, 0.6) is 5.75 Å². The van der Waals surface area contributed by atoms with E-state index in [0.29, 0.717) is 29.1 Å². The molecule has 0 bridgehead atoms. The van der Waals surface area contributed by atoms with Crippen LogP contribution in [0.3, 0.4) is 0 Å². The number of anilines is 2. The summed E-state index contributed by atoms with van der Waals surface area (Å²) >= 11 is 0. The molecule has 0 aromatic heterocycles. The lowest BCUT2D eigenvalue weighted by molar-refractivity contribution is 0.0635. The molecule has 3 aromatic carbocycles. The van der Waals surface area contributed by atoms with Gasteiger partial charge in [-0.1, -0.05) is 36.4 Å². The summed E-state index contributed by atoms with van der Waals surface area (Å²) in [5.41, 5.74) is 2.68. The number of fused-ring (bicyclic) bond motifs is 1. The summed E-state index contributed by atoms with van der Waals surface area (Å²) in [6, 6.07) is 21.0. The molecule has 0 spiro atoms. The van der Waals surface area contributed by atoms with Crippen LogP contribution in [0.2, 0.25) is 0 Å². The van der Waals surface area contributed by atoms with Gasteiger partial charge >= 0.3 is 12.2 Å². The number of ether oxygens (including phenoxy) is 2. The molecule has 3 amide bonds. The van der Waals surface area contributed by atoms with Gasteiger partial charge in [0.15, 0.2) is 0 Å². The Bertz CT molecular complexity index is 1270. The number of nitrogens with one attached hydrogen (secondary N) is 3. The Morgan fingerprint density at radius 1 is 0.833 bits per heavy atom. The van der Waals surface area contributed by atoms with Crippen molar-refractivity contribution in [1.29, 1.82) is 0 Å². The Labute approximate surface area is 210 Å². The van der Waals surface area contributed by atoms with Crippen LogP contribution in [0.1, 0.15) is 54.7 Å². The predicted octanol–water partition coefficient (Wildman–Crippen LogP) is 6.06. The molecule has 0 heterocycles. The van der Waals surface area contributed by atoms with Crippen molar-refractivity contribution in [3.8, 4) is 5.75 Å². The number of amides is 3. The van der Waals surface area contributed by atoms with E-state index in [1.54, 1.807) is 75.4 Å². The first-order valence-corrected chi connectivity index (χ1v) is 11.7. The summed E-state index contributed by atoms with van der Waals surface area (Å²) in [5, 5.41) is 8.44. The van der Waals surface area contributed by atoms with Crippen LogP contribution in [0.25, 0.3) is 0 Å². The zero-order valence-electron chi connectivity index (χ0n) is 20.5. The summed E-state index contributed by atoms with van der Waals surface area (Å²) in [4.78, 5) is 37.5. The van der Waals surface area contributed by atoms with E-state index in [-0.39, 0.29) is 11.9 Å². The summed E-state index contributed by atoms with van der Waals surface area (Å²) in [7, 11) is 0. The first-order valence-electron chi connectivity index (χ1n) is 11.7. The number of rotatable bonds is 5. The molecule has 8 nitrogen and oxygen atoms in total. The molecule has 0 aliphatic heterocycles. The van der Waals surface area contributed by atoms with Gasteiger partial charge in [0.05, 0.1) is 17.4 Å². The Morgan fingerprint density at radius 3 is 2.19 bits per heavy atom. The molecule has 1 atom stereocenters. The highest BCUT2D eigenvalue weighted by Gasteiger charge is 2.26. The maximum atomic E-state index is 13.0. The summed E-state index contributed by atoms with van der Waals surface area (Å²) in [5.74, 6) is 0.165.